The molecular weight excluding hydrogens is 344 g/mol. The normalized spacial score (nSPS) is 23.6. The van der Waals surface area contributed by atoms with Gasteiger partial charge in [-0.2, -0.15) is 0 Å². The van der Waals surface area contributed by atoms with E-state index >= 15 is 0 Å². The summed E-state index contributed by atoms with van der Waals surface area (Å²) in [5, 5.41) is 0. The van der Waals surface area contributed by atoms with Crippen LogP contribution in [0.3, 0.4) is 0 Å². The van der Waals surface area contributed by atoms with E-state index in [0.717, 1.165) is 39.0 Å². The van der Waals surface area contributed by atoms with Gasteiger partial charge in [-0.15, -0.1) is 0 Å². The smallest absolute Gasteiger partial charge is 0.240 e. The molecule has 0 aromatic rings. The quantitative estimate of drug-likeness (QED) is 0.726. The molecule has 2 aliphatic heterocycles. The molecule has 1 aliphatic carbocycles. The molecule has 0 aromatic carbocycles. The fourth-order valence-electron chi connectivity index (χ4n) is 4.83. The standard InChI is InChI=1S/C20H34N4O3/c1-3-18(26)22-10-12-23(13-11-22)19(17-6-4-5-7-17)20(27)24-14-8-21(9-15-24)16(2)25/h17,19H,3-15H2,1-2H3/t19-/m1/s1. The van der Waals surface area contributed by atoms with Gasteiger partial charge in [-0.05, 0) is 18.8 Å². The first-order valence-electron chi connectivity index (χ1n) is 10.6. The highest BCUT2D eigenvalue weighted by Gasteiger charge is 2.39. The van der Waals surface area contributed by atoms with Gasteiger partial charge in [0, 0.05) is 65.7 Å². The van der Waals surface area contributed by atoms with E-state index in [0.29, 0.717) is 38.5 Å². The van der Waals surface area contributed by atoms with E-state index in [1.165, 1.54) is 12.8 Å². The lowest BCUT2D eigenvalue weighted by Crippen LogP contribution is -2.60. The monoisotopic (exact) mass is 378 g/mol. The topological polar surface area (TPSA) is 64.2 Å². The van der Waals surface area contributed by atoms with Gasteiger partial charge in [0.2, 0.25) is 17.7 Å². The minimum atomic E-state index is -0.0599. The molecule has 3 amide bonds. The van der Waals surface area contributed by atoms with Gasteiger partial charge < -0.3 is 14.7 Å². The Kier molecular flexibility index (Phi) is 6.73. The van der Waals surface area contributed by atoms with Crippen LogP contribution in [0.1, 0.15) is 46.0 Å². The lowest BCUT2D eigenvalue weighted by Gasteiger charge is -2.44. The van der Waals surface area contributed by atoms with Crippen LogP contribution in [0.15, 0.2) is 0 Å². The largest absolute Gasteiger partial charge is 0.340 e. The average molecular weight is 379 g/mol. The highest BCUT2D eigenvalue weighted by Crippen LogP contribution is 2.32. The molecule has 3 fully saturated rings. The molecule has 0 unspecified atom stereocenters. The molecule has 0 spiro atoms. The predicted octanol–water partition coefficient (Wildman–Crippen LogP) is 0.790. The van der Waals surface area contributed by atoms with Crippen molar-refractivity contribution in [2.45, 2.75) is 52.0 Å². The summed E-state index contributed by atoms with van der Waals surface area (Å²) in [7, 11) is 0. The summed E-state index contributed by atoms with van der Waals surface area (Å²) in [4.78, 5) is 45.0. The number of carbonyl (C=O) groups excluding carboxylic acids is 3. The Labute approximate surface area is 162 Å². The number of nitrogens with zero attached hydrogens (tertiary/aromatic N) is 4. The third-order valence-electron chi connectivity index (χ3n) is 6.50. The number of amides is 3. The minimum Gasteiger partial charge on any atom is -0.340 e. The summed E-state index contributed by atoms with van der Waals surface area (Å²) >= 11 is 0. The van der Waals surface area contributed by atoms with Crippen LogP contribution in [0.4, 0.5) is 0 Å². The Morgan fingerprint density at radius 1 is 0.815 bits per heavy atom. The zero-order valence-corrected chi connectivity index (χ0v) is 16.9. The number of rotatable bonds is 4. The summed E-state index contributed by atoms with van der Waals surface area (Å²) < 4.78 is 0. The van der Waals surface area contributed by atoms with Crippen LogP contribution >= 0.6 is 0 Å². The molecule has 0 bridgehead atoms. The second-order valence-corrected chi connectivity index (χ2v) is 8.09. The van der Waals surface area contributed by atoms with Crippen molar-refractivity contribution in [1.29, 1.82) is 0 Å². The molecule has 27 heavy (non-hydrogen) atoms. The Bertz CT molecular complexity index is 545. The van der Waals surface area contributed by atoms with E-state index < -0.39 is 0 Å². The van der Waals surface area contributed by atoms with E-state index in [1.807, 2.05) is 21.6 Å². The molecule has 1 atom stereocenters. The SMILES string of the molecule is CCC(=O)N1CCN([C@@H](C(=O)N2CCN(C(C)=O)CC2)C2CCCC2)CC1. The minimum absolute atomic E-state index is 0.0599. The van der Waals surface area contributed by atoms with E-state index in [1.54, 1.807) is 6.92 Å². The average Bonchev–Trinajstić information content (AvgIpc) is 3.22. The van der Waals surface area contributed by atoms with Crippen molar-refractivity contribution in [1.82, 2.24) is 19.6 Å². The Morgan fingerprint density at radius 3 is 1.85 bits per heavy atom. The van der Waals surface area contributed by atoms with E-state index in [9.17, 15) is 14.4 Å². The van der Waals surface area contributed by atoms with E-state index in [-0.39, 0.29) is 23.8 Å². The number of hydrogen-bond donors (Lipinski definition) is 0. The maximum atomic E-state index is 13.4. The summed E-state index contributed by atoms with van der Waals surface area (Å²) in [6.45, 7) is 9.05. The Hall–Kier alpha value is -1.63. The molecule has 2 heterocycles. The van der Waals surface area contributed by atoms with Crippen LogP contribution in [-0.4, -0.2) is 95.7 Å². The van der Waals surface area contributed by atoms with Crippen LogP contribution in [-0.2, 0) is 14.4 Å². The van der Waals surface area contributed by atoms with Gasteiger partial charge in [-0.3, -0.25) is 19.3 Å². The molecule has 0 aromatic heterocycles. The molecule has 0 radical (unpaired) electrons. The second-order valence-electron chi connectivity index (χ2n) is 8.09. The van der Waals surface area contributed by atoms with Crippen molar-refractivity contribution in [2.24, 2.45) is 5.92 Å². The van der Waals surface area contributed by atoms with Gasteiger partial charge in [0.25, 0.3) is 0 Å². The third-order valence-corrected chi connectivity index (χ3v) is 6.50. The van der Waals surface area contributed by atoms with Gasteiger partial charge in [0.1, 0.15) is 0 Å². The number of piperazine rings is 2. The Balaban J connectivity index is 1.64. The molecule has 152 valence electrons. The fourth-order valence-corrected chi connectivity index (χ4v) is 4.83. The maximum absolute atomic E-state index is 13.4. The highest BCUT2D eigenvalue weighted by atomic mass is 16.2. The number of hydrogen-bond acceptors (Lipinski definition) is 4. The van der Waals surface area contributed by atoms with Gasteiger partial charge in [0.05, 0.1) is 6.04 Å². The van der Waals surface area contributed by atoms with Crippen molar-refractivity contribution in [3.63, 3.8) is 0 Å². The van der Waals surface area contributed by atoms with Crippen molar-refractivity contribution >= 4 is 17.7 Å². The van der Waals surface area contributed by atoms with Gasteiger partial charge in [-0.1, -0.05) is 19.8 Å². The van der Waals surface area contributed by atoms with Crippen LogP contribution in [0.25, 0.3) is 0 Å². The van der Waals surface area contributed by atoms with Crippen LogP contribution < -0.4 is 0 Å². The van der Waals surface area contributed by atoms with E-state index in [2.05, 4.69) is 4.90 Å². The molecule has 7 heteroatoms. The summed E-state index contributed by atoms with van der Waals surface area (Å²) in [6.07, 6.45) is 5.21. The zero-order chi connectivity index (χ0) is 19.4. The second kappa shape index (κ2) is 9.04. The lowest BCUT2D eigenvalue weighted by atomic mass is 9.94. The summed E-state index contributed by atoms with van der Waals surface area (Å²) in [5.41, 5.74) is 0. The van der Waals surface area contributed by atoms with Crippen molar-refractivity contribution < 1.29 is 14.4 Å². The fraction of sp³-hybridized carbons (Fsp3) is 0.850. The van der Waals surface area contributed by atoms with Gasteiger partial charge >= 0.3 is 0 Å². The van der Waals surface area contributed by atoms with Crippen molar-refractivity contribution in [2.75, 3.05) is 52.4 Å². The predicted molar refractivity (Wildman–Crippen MR) is 103 cm³/mol. The zero-order valence-electron chi connectivity index (χ0n) is 16.9. The summed E-state index contributed by atoms with van der Waals surface area (Å²) in [6, 6.07) is -0.0599. The molecule has 0 N–H and O–H groups in total. The highest BCUT2D eigenvalue weighted by molar-refractivity contribution is 5.83. The Morgan fingerprint density at radius 2 is 1.33 bits per heavy atom. The van der Waals surface area contributed by atoms with Crippen molar-refractivity contribution in [3.8, 4) is 0 Å². The van der Waals surface area contributed by atoms with Gasteiger partial charge in [-0.25, -0.2) is 0 Å². The first-order valence-corrected chi connectivity index (χ1v) is 10.6. The molecule has 2 saturated heterocycles. The first-order chi connectivity index (χ1) is 13.0. The first kappa shape index (κ1) is 20.1. The van der Waals surface area contributed by atoms with E-state index in [4.69, 9.17) is 0 Å². The maximum Gasteiger partial charge on any atom is 0.240 e. The molecular formula is C20H34N4O3. The van der Waals surface area contributed by atoms with Crippen LogP contribution in [0, 0.1) is 5.92 Å². The van der Waals surface area contributed by atoms with Crippen molar-refractivity contribution in [3.05, 3.63) is 0 Å². The molecule has 3 rings (SSSR count). The lowest BCUT2D eigenvalue weighted by molar-refractivity contribution is -0.145. The number of carbonyl (C=O) groups is 3. The van der Waals surface area contributed by atoms with Crippen LogP contribution in [0.2, 0.25) is 0 Å². The van der Waals surface area contributed by atoms with Crippen LogP contribution in [0.5, 0.6) is 0 Å². The molecule has 7 nitrogen and oxygen atoms in total. The molecule has 1 saturated carbocycles. The molecule has 3 aliphatic rings. The third kappa shape index (κ3) is 4.62. The van der Waals surface area contributed by atoms with Gasteiger partial charge in [0.15, 0.2) is 0 Å². The summed E-state index contributed by atoms with van der Waals surface area (Å²) in [5.74, 6) is 0.960.